The van der Waals surface area contributed by atoms with Gasteiger partial charge in [0.15, 0.2) is 0 Å². The van der Waals surface area contributed by atoms with E-state index in [-0.39, 0.29) is 0 Å². The van der Waals surface area contributed by atoms with Gasteiger partial charge in [0.2, 0.25) is 0 Å². The molecule has 3 aliphatic heterocycles. The first-order valence-electron chi connectivity index (χ1n) is 10.3. The lowest BCUT2D eigenvalue weighted by Gasteiger charge is -2.35. The van der Waals surface area contributed by atoms with E-state index in [1.807, 2.05) is 19.1 Å². The Hall–Kier alpha value is -2.11. The van der Waals surface area contributed by atoms with Crippen LogP contribution in [-0.4, -0.2) is 54.3 Å². The summed E-state index contributed by atoms with van der Waals surface area (Å²) in [5, 5.41) is 4.12. The van der Waals surface area contributed by atoms with Crippen LogP contribution in [0.4, 0.5) is 0 Å². The fraction of sp³-hybridized carbons (Fsp3) is 0.522. The van der Waals surface area contributed by atoms with E-state index in [2.05, 4.69) is 46.2 Å². The predicted octanol–water partition coefficient (Wildman–Crippen LogP) is 3.91. The van der Waals surface area contributed by atoms with Crippen LogP contribution in [0.2, 0.25) is 0 Å². The average Bonchev–Trinajstić information content (AvgIpc) is 2.88. The van der Waals surface area contributed by atoms with Gasteiger partial charge in [-0.2, -0.15) is 0 Å². The first-order chi connectivity index (χ1) is 13.6. The first kappa shape index (κ1) is 19.2. The molecule has 0 saturated carbocycles. The van der Waals surface area contributed by atoms with Crippen molar-refractivity contribution >= 4 is 6.08 Å². The lowest BCUT2D eigenvalue weighted by molar-refractivity contribution is 0.146. The van der Waals surface area contributed by atoms with E-state index >= 15 is 0 Å². The normalized spacial score (nSPS) is 23.4. The van der Waals surface area contributed by atoms with Crippen molar-refractivity contribution in [1.82, 2.24) is 15.0 Å². The summed E-state index contributed by atoms with van der Waals surface area (Å²) < 4.78 is 10.6. The highest BCUT2D eigenvalue weighted by atomic mass is 16.5. The number of nitrogens with zero attached hydrogens (tertiary/aromatic N) is 3. The van der Waals surface area contributed by atoms with Crippen molar-refractivity contribution in [3.05, 3.63) is 52.9 Å². The molecule has 2 atom stereocenters. The molecule has 1 aromatic heterocycles. The number of hydrogen-bond acceptors (Lipinski definition) is 5. The molecule has 5 nitrogen and oxygen atoms in total. The van der Waals surface area contributed by atoms with Crippen molar-refractivity contribution in [2.45, 2.75) is 39.3 Å². The van der Waals surface area contributed by atoms with Gasteiger partial charge in [0, 0.05) is 44.3 Å². The Balaban J connectivity index is 1.37. The number of hydrogen-bond donors (Lipinski definition) is 0. The molecule has 3 fully saturated rings. The summed E-state index contributed by atoms with van der Waals surface area (Å²) in [5.74, 6) is 2.63. The van der Waals surface area contributed by atoms with Gasteiger partial charge in [0.25, 0.3) is 0 Å². The quantitative estimate of drug-likeness (QED) is 0.759. The van der Waals surface area contributed by atoms with Crippen molar-refractivity contribution in [2.24, 2.45) is 5.92 Å². The highest BCUT2D eigenvalue weighted by molar-refractivity contribution is 5.50. The van der Waals surface area contributed by atoms with E-state index in [0.29, 0.717) is 6.04 Å². The molecule has 150 valence electrons. The Labute approximate surface area is 167 Å². The highest BCUT2D eigenvalue weighted by Crippen LogP contribution is 2.29. The lowest BCUT2D eigenvalue weighted by Crippen LogP contribution is -2.43. The molecule has 2 bridgehead atoms. The molecule has 3 aliphatic rings. The zero-order chi connectivity index (χ0) is 19.5. The summed E-state index contributed by atoms with van der Waals surface area (Å²) in [6, 6.07) is 8.88. The molecule has 0 amide bonds. The maximum Gasteiger partial charge on any atom is 0.138 e. The van der Waals surface area contributed by atoms with Gasteiger partial charge < -0.3 is 9.26 Å². The zero-order valence-corrected chi connectivity index (χ0v) is 17.2. The molecule has 28 heavy (non-hydrogen) atoms. The number of piperidine rings is 1. The minimum Gasteiger partial charge on any atom is -0.497 e. The van der Waals surface area contributed by atoms with Crippen LogP contribution in [0.5, 0.6) is 5.75 Å². The van der Waals surface area contributed by atoms with Gasteiger partial charge in [-0.25, -0.2) is 0 Å². The lowest BCUT2D eigenvalue weighted by atomic mass is 9.95. The molecule has 0 aliphatic carbocycles. The molecule has 5 rings (SSSR count). The maximum atomic E-state index is 5.36. The van der Waals surface area contributed by atoms with E-state index in [9.17, 15) is 0 Å². The van der Waals surface area contributed by atoms with Crippen LogP contribution >= 0.6 is 0 Å². The summed E-state index contributed by atoms with van der Waals surface area (Å²) in [6.45, 7) is 9.58. The minimum absolute atomic E-state index is 0.639. The molecule has 0 N–H and O–H groups in total. The van der Waals surface area contributed by atoms with Crippen molar-refractivity contribution in [1.29, 1.82) is 0 Å². The summed E-state index contributed by atoms with van der Waals surface area (Å²) in [5.41, 5.74) is 3.53. The number of aryl methyl sites for hydroxylation is 2. The molecule has 4 heterocycles. The highest BCUT2D eigenvalue weighted by Gasteiger charge is 2.34. The number of rotatable bonds is 6. The molecule has 1 aromatic carbocycles. The van der Waals surface area contributed by atoms with Crippen molar-refractivity contribution < 1.29 is 9.26 Å². The van der Waals surface area contributed by atoms with Crippen molar-refractivity contribution in [2.75, 3.05) is 33.3 Å². The Morgan fingerprint density at radius 2 is 1.96 bits per heavy atom. The van der Waals surface area contributed by atoms with Crippen LogP contribution in [0.15, 0.2) is 34.9 Å². The average molecular weight is 382 g/mol. The minimum atomic E-state index is 0.639. The van der Waals surface area contributed by atoms with Crippen LogP contribution in [0.25, 0.3) is 6.08 Å². The van der Waals surface area contributed by atoms with Crippen LogP contribution < -0.4 is 4.74 Å². The number of aromatic nitrogens is 1. The molecular formula is C23H31N3O2. The van der Waals surface area contributed by atoms with Gasteiger partial charge in [-0.1, -0.05) is 29.4 Å². The molecule has 5 heteroatoms. The van der Waals surface area contributed by atoms with Gasteiger partial charge in [-0.3, -0.25) is 9.80 Å². The Bertz CT molecular complexity index is 792. The fourth-order valence-electron chi connectivity index (χ4n) is 4.62. The second-order valence-corrected chi connectivity index (χ2v) is 8.22. The number of methoxy groups -OCH3 is 1. The largest absolute Gasteiger partial charge is 0.497 e. The first-order valence-corrected chi connectivity index (χ1v) is 10.3. The van der Waals surface area contributed by atoms with Crippen molar-refractivity contribution in [3.63, 3.8) is 0 Å². The van der Waals surface area contributed by atoms with E-state index in [1.165, 1.54) is 37.1 Å². The summed E-state index contributed by atoms with van der Waals surface area (Å²) in [7, 11) is 1.70. The third kappa shape index (κ3) is 4.31. The molecule has 2 aromatic rings. The Morgan fingerprint density at radius 1 is 1.14 bits per heavy atom. The van der Waals surface area contributed by atoms with Gasteiger partial charge in [-0.15, -0.1) is 0 Å². The van der Waals surface area contributed by atoms with Gasteiger partial charge in [0.05, 0.1) is 12.8 Å². The SMILES string of the molecule is COc1ccc(/C=C/CN2C[C@H]3CC[C@@H]2CN(Cc2c(C)noc2C)C3)cc1. The number of ether oxygens (including phenoxy) is 1. The molecule has 0 spiro atoms. The van der Waals surface area contributed by atoms with E-state index < -0.39 is 0 Å². The van der Waals surface area contributed by atoms with Gasteiger partial charge >= 0.3 is 0 Å². The van der Waals surface area contributed by atoms with Crippen LogP contribution in [0.3, 0.4) is 0 Å². The van der Waals surface area contributed by atoms with Gasteiger partial charge in [-0.05, 0) is 50.3 Å². The summed E-state index contributed by atoms with van der Waals surface area (Å²) in [4.78, 5) is 5.28. The molecule has 3 saturated heterocycles. The third-order valence-electron chi connectivity index (χ3n) is 6.23. The smallest absolute Gasteiger partial charge is 0.138 e. The fourth-order valence-corrected chi connectivity index (χ4v) is 4.62. The second kappa shape index (κ2) is 8.50. The van der Waals surface area contributed by atoms with Crippen LogP contribution in [-0.2, 0) is 6.54 Å². The summed E-state index contributed by atoms with van der Waals surface area (Å²) >= 11 is 0. The van der Waals surface area contributed by atoms with E-state index in [4.69, 9.17) is 9.26 Å². The molecule has 0 unspecified atom stereocenters. The monoisotopic (exact) mass is 381 g/mol. The zero-order valence-electron chi connectivity index (χ0n) is 17.2. The van der Waals surface area contributed by atoms with Crippen molar-refractivity contribution in [3.8, 4) is 5.75 Å². The van der Waals surface area contributed by atoms with Crippen LogP contribution in [0, 0.1) is 19.8 Å². The standard InChI is InChI=1S/C23H31N3O2/c1-17-23(18(2)28-24-17)16-25-13-20-6-9-21(15-25)26(14-20)12-4-5-19-7-10-22(27-3)11-8-19/h4-5,7-8,10-11,20-21H,6,9,12-16H2,1-3H3/b5-4+/t20-,21+/m0/s1. The second-order valence-electron chi connectivity index (χ2n) is 8.22. The Kier molecular flexibility index (Phi) is 5.83. The van der Waals surface area contributed by atoms with Crippen LogP contribution in [0.1, 0.15) is 35.4 Å². The Morgan fingerprint density at radius 3 is 2.68 bits per heavy atom. The topological polar surface area (TPSA) is 41.7 Å². The van der Waals surface area contributed by atoms with E-state index in [0.717, 1.165) is 42.8 Å². The number of benzene rings is 1. The van der Waals surface area contributed by atoms with Gasteiger partial charge in [0.1, 0.15) is 11.5 Å². The molecular weight excluding hydrogens is 350 g/mol. The van der Waals surface area contributed by atoms with E-state index in [1.54, 1.807) is 7.11 Å². The summed E-state index contributed by atoms with van der Waals surface area (Å²) in [6.07, 6.45) is 7.18. The third-order valence-corrected chi connectivity index (χ3v) is 6.23. The maximum absolute atomic E-state index is 5.36. The number of fused-ring (bicyclic) bond motifs is 4. The molecule has 0 radical (unpaired) electrons. The predicted molar refractivity (Wildman–Crippen MR) is 111 cm³/mol.